The van der Waals surface area contributed by atoms with Gasteiger partial charge in [-0.15, -0.1) is 0 Å². The van der Waals surface area contributed by atoms with Crippen molar-refractivity contribution in [1.29, 1.82) is 10.5 Å². The highest BCUT2D eigenvalue weighted by Gasteiger charge is 2.11. The second-order valence-electron chi connectivity index (χ2n) is 4.14. The minimum absolute atomic E-state index is 0.303. The molecule has 0 spiro atoms. The summed E-state index contributed by atoms with van der Waals surface area (Å²) in [5, 5.41) is 18.2. The van der Waals surface area contributed by atoms with E-state index in [0.717, 1.165) is 17.5 Å². The fourth-order valence-electron chi connectivity index (χ4n) is 1.64. The molecule has 0 aromatic heterocycles. The number of halogens is 1. The fraction of sp³-hybridized carbons (Fsp3) is 0.385. The summed E-state index contributed by atoms with van der Waals surface area (Å²) in [5.41, 5.74) is 2.39. The number of hydrogen-bond donors (Lipinski definition) is 0. The molecular weight excluding hydrogens is 220 g/mol. The Hall–Kier alpha value is -1.51. The van der Waals surface area contributed by atoms with Crippen LogP contribution in [0.3, 0.4) is 0 Å². The van der Waals surface area contributed by atoms with Crippen LogP contribution < -0.4 is 0 Å². The minimum atomic E-state index is 0.303. The molecule has 0 radical (unpaired) electrons. The van der Waals surface area contributed by atoms with Gasteiger partial charge in [0, 0.05) is 5.02 Å². The molecule has 0 N–H and O–H groups in total. The van der Waals surface area contributed by atoms with Gasteiger partial charge in [0.05, 0.1) is 24.1 Å². The van der Waals surface area contributed by atoms with Crippen molar-refractivity contribution in [2.45, 2.75) is 26.7 Å². The smallest absolute Gasteiger partial charge is 0.0992 e. The Morgan fingerprint density at radius 2 is 2.00 bits per heavy atom. The van der Waals surface area contributed by atoms with Gasteiger partial charge >= 0.3 is 0 Å². The van der Waals surface area contributed by atoms with Crippen molar-refractivity contribution in [3.63, 3.8) is 0 Å². The van der Waals surface area contributed by atoms with Crippen molar-refractivity contribution >= 4 is 11.6 Å². The van der Waals surface area contributed by atoms with Crippen molar-refractivity contribution < 1.29 is 0 Å². The molecule has 3 heteroatoms. The molecule has 16 heavy (non-hydrogen) atoms. The Bertz CT molecular complexity index is 464. The summed E-state index contributed by atoms with van der Waals surface area (Å²) in [6.45, 7) is 4.20. The van der Waals surface area contributed by atoms with Crippen LogP contribution in [0.4, 0.5) is 0 Å². The highest BCUT2D eigenvalue weighted by molar-refractivity contribution is 6.31. The zero-order chi connectivity index (χ0) is 12.1. The van der Waals surface area contributed by atoms with E-state index < -0.39 is 0 Å². The molecule has 1 rings (SSSR count). The molecular formula is C13H13ClN2. The van der Waals surface area contributed by atoms with Gasteiger partial charge in [0.1, 0.15) is 0 Å². The van der Waals surface area contributed by atoms with Crippen LogP contribution in [0.5, 0.6) is 0 Å². The molecule has 2 nitrogen and oxygen atoms in total. The average molecular weight is 233 g/mol. The lowest BCUT2D eigenvalue weighted by Crippen LogP contribution is -2.01. The maximum atomic E-state index is 8.84. The quantitative estimate of drug-likeness (QED) is 0.801. The van der Waals surface area contributed by atoms with E-state index in [9.17, 15) is 0 Å². The van der Waals surface area contributed by atoms with Crippen molar-refractivity contribution in [2.75, 3.05) is 0 Å². The highest BCUT2D eigenvalue weighted by atomic mass is 35.5. The first-order valence-electron chi connectivity index (χ1n) is 5.16. The van der Waals surface area contributed by atoms with E-state index in [0.29, 0.717) is 22.9 Å². The summed E-state index contributed by atoms with van der Waals surface area (Å²) in [6, 6.07) is 7.58. The Morgan fingerprint density at radius 1 is 1.31 bits per heavy atom. The van der Waals surface area contributed by atoms with Crippen LogP contribution in [0, 0.1) is 28.6 Å². The highest BCUT2D eigenvalue weighted by Crippen LogP contribution is 2.25. The maximum Gasteiger partial charge on any atom is 0.0992 e. The van der Waals surface area contributed by atoms with Gasteiger partial charge in [0.15, 0.2) is 0 Å². The monoisotopic (exact) mass is 232 g/mol. The van der Waals surface area contributed by atoms with Crippen LogP contribution in [0.15, 0.2) is 12.1 Å². The second-order valence-corrected chi connectivity index (χ2v) is 4.55. The van der Waals surface area contributed by atoms with E-state index in [1.807, 2.05) is 0 Å². The number of nitriles is 2. The van der Waals surface area contributed by atoms with E-state index >= 15 is 0 Å². The summed E-state index contributed by atoms with van der Waals surface area (Å²) >= 11 is 6.13. The Morgan fingerprint density at radius 3 is 2.50 bits per heavy atom. The van der Waals surface area contributed by atoms with Gasteiger partial charge in [-0.2, -0.15) is 10.5 Å². The first-order chi connectivity index (χ1) is 7.58. The first-order valence-corrected chi connectivity index (χ1v) is 5.54. The Kier molecular flexibility index (Phi) is 4.35. The molecule has 0 fully saturated rings. The maximum absolute atomic E-state index is 8.84. The molecule has 0 heterocycles. The van der Waals surface area contributed by atoms with Crippen molar-refractivity contribution in [3.8, 4) is 12.1 Å². The number of nitrogens with zero attached hydrogens (tertiary/aromatic N) is 2. The molecule has 0 saturated heterocycles. The zero-order valence-electron chi connectivity index (χ0n) is 9.42. The molecule has 0 saturated carbocycles. The molecule has 0 amide bonds. The first kappa shape index (κ1) is 12.6. The normalized spacial score (nSPS) is 9.88. The van der Waals surface area contributed by atoms with E-state index in [1.165, 1.54) is 0 Å². The SMILES string of the molecule is CC(C)Cc1c(Cl)cc(C#N)cc1CC#N. The zero-order valence-corrected chi connectivity index (χ0v) is 10.2. The second kappa shape index (κ2) is 5.54. The standard InChI is InChI=1S/C13H13ClN2/c1-9(2)5-12-11(3-4-15)6-10(8-16)7-13(12)14/h6-7,9H,3,5H2,1-2H3. The molecule has 1 aromatic rings. The van der Waals surface area contributed by atoms with Crippen molar-refractivity contribution in [2.24, 2.45) is 5.92 Å². The topological polar surface area (TPSA) is 47.6 Å². The fourth-order valence-corrected chi connectivity index (χ4v) is 1.95. The van der Waals surface area contributed by atoms with Crippen LogP contribution in [0.25, 0.3) is 0 Å². The predicted octanol–water partition coefficient (Wildman–Crippen LogP) is 3.48. The van der Waals surface area contributed by atoms with Gasteiger partial charge in [0.25, 0.3) is 0 Å². The summed E-state index contributed by atoms with van der Waals surface area (Å²) in [4.78, 5) is 0. The van der Waals surface area contributed by atoms with Gasteiger partial charge in [-0.3, -0.25) is 0 Å². The predicted molar refractivity (Wildman–Crippen MR) is 64.0 cm³/mol. The van der Waals surface area contributed by atoms with Crippen LogP contribution >= 0.6 is 11.6 Å². The molecule has 0 unspecified atom stereocenters. The molecule has 0 aliphatic heterocycles. The Labute approximate surface area is 101 Å². The van der Waals surface area contributed by atoms with Gasteiger partial charge in [-0.25, -0.2) is 0 Å². The summed E-state index contributed by atoms with van der Waals surface area (Å²) in [5.74, 6) is 0.475. The van der Waals surface area contributed by atoms with Crippen molar-refractivity contribution in [1.82, 2.24) is 0 Å². The molecule has 0 bridgehead atoms. The number of hydrogen-bond acceptors (Lipinski definition) is 2. The molecule has 1 aromatic carbocycles. The lowest BCUT2D eigenvalue weighted by molar-refractivity contribution is 0.644. The summed E-state index contributed by atoms with van der Waals surface area (Å²) in [6.07, 6.45) is 1.14. The summed E-state index contributed by atoms with van der Waals surface area (Å²) in [7, 11) is 0. The average Bonchev–Trinajstić information content (AvgIpc) is 2.22. The Balaban J connectivity index is 3.24. The van der Waals surface area contributed by atoms with E-state index in [1.54, 1.807) is 12.1 Å². The third kappa shape index (κ3) is 2.99. The van der Waals surface area contributed by atoms with E-state index in [-0.39, 0.29) is 0 Å². The molecule has 0 aliphatic carbocycles. The number of benzene rings is 1. The van der Waals surface area contributed by atoms with Crippen LogP contribution in [-0.2, 0) is 12.8 Å². The van der Waals surface area contributed by atoms with Crippen LogP contribution in [-0.4, -0.2) is 0 Å². The van der Waals surface area contributed by atoms with Crippen LogP contribution in [0.2, 0.25) is 5.02 Å². The third-order valence-electron chi connectivity index (χ3n) is 2.30. The van der Waals surface area contributed by atoms with E-state index in [2.05, 4.69) is 26.0 Å². The molecule has 82 valence electrons. The van der Waals surface area contributed by atoms with Crippen LogP contribution in [0.1, 0.15) is 30.5 Å². The van der Waals surface area contributed by atoms with Gasteiger partial charge in [-0.05, 0) is 35.6 Å². The minimum Gasteiger partial charge on any atom is -0.198 e. The third-order valence-corrected chi connectivity index (χ3v) is 2.64. The van der Waals surface area contributed by atoms with E-state index in [4.69, 9.17) is 22.1 Å². The van der Waals surface area contributed by atoms with Crippen molar-refractivity contribution in [3.05, 3.63) is 33.8 Å². The number of rotatable bonds is 3. The lowest BCUT2D eigenvalue weighted by Gasteiger charge is -2.12. The largest absolute Gasteiger partial charge is 0.198 e. The molecule has 0 aliphatic rings. The van der Waals surface area contributed by atoms with Gasteiger partial charge in [0.2, 0.25) is 0 Å². The molecule has 0 atom stereocenters. The lowest BCUT2D eigenvalue weighted by atomic mass is 9.95. The summed E-state index contributed by atoms with van der Waals surface area (Å²) < 4.78 is 0. The van der Waals surface area contributed by atoms with Gasteiger partial charge < -0.3 is 0 Å². The van der Waals surface area contributed by atoms with Gasteiger partial charge in [-0.1, -0.05) is 25.4 Å².